The molecule has 0 fully saturated rings. The van der Waals surface area contributed by atoms with Crippen molar-refractivity contribution in [2.24, 2.45) is 0 Å². The van der Waals surface area contributed by atoms with E-state index in [1.54, 1.807) is 0 Å². The molecular formula is C10H5BrF4N2. The minimum Gasteiger partial charge on any atom is -0.227 e. The number of halogens is 5. The van der Waals surface area contributed by atoms with Gasteiger partial charge in [-0.15, -0.1) is 0 Å². The summed E-state index contributed by atoms with van der Waals surface area (Å²) in [5.41, 5.74) is -0.953. The smallest absolute Gasteiger partial charge is 0.227 e. The molecule has 0 aliphatic heterocycles. The van der Waals surface area contributed by atoms with E-state index in [0.717, 1.165) is 24.4 Å². The third-order valence-electron chi connectivity index (χ3n) is 2.07. The SMILES string of the molecule is Fc1ccc(Br)c(-n2nccc2C(F)(F)F)c1. The van der Waals surface area contributed by atoms with E-state index in [1.807, 2.05) is 0 Å². The number of nitrogens with zero attached hydrogens (tertiary/aromatic N) is 2. The summed E-state index contributed by atoms with van der Waals surface area (Å²) >= 11 is 3.06. The lowest BCUT2D eigenvalue weighted by Crippen LogP contribution is -2.13. The molecule has 0 N–H and O–H groups in total. The van der Waals surface area contributed by atoms with Crippen molar-refractivity contribution in [2.45, 2.75) is 6.18 Å². The molecule has 2 aromatic rings. The van der Waals surface area contributed by atoms with Gasteiger partial charge in [-0.25, -0.2) is 9.07 Å². The Bertz CT molecular complexity index is 547. The molecule has 7 heteroatoms. The van der Waals surface area contributed by atoms with Crippen LogP contribution in [0, 0.1) is 5.82 Å². The minimum absolute atomic E-state index is 0.00215. The lowest BCUT2D eigenvalue weighted by molar-refractivity contribution is -0.142. The lowest BCUT2D eigenvalue weighted by atomic mass is 10.3. The van der Waals surface area contributed by atoms with Crippen LogP contribution in [0.15, 0.2) is 34.9 Å². The Morgan fingerprint density at radius 3 is 2.53 bits per heavy atom. The number of alkyl halides is 3. The molecule has 17 heavy (non-hydrogen) atoms. The van der Waals surface area contributed by atoms with Crippen molar-refractivity contribution in [3.8, 4) is 5.69 Å². The molecule has 2 rings (SSSR count). The van der Waals surface area contributed by atoms with Gasteiger partial charge in [0.05, 0.1) is 11.9 Å². The number of aromatic nitrogens is 2. The summed E-state index contributed by atoms with van der Waals surface area (Å²) in [7, 11) is 0. The Labute approximate surface area is 102 Å². The van der Waals surface area contributed by atoms with Gasteiger partial charge in [0, 0.05) is 10.5 Å². The maximum atomic E-state index is 13.0. The fourth-order valence-electron chi connectivity index (χ4n) is 1.36. The second-order valence-corrected chi connectivity index (χ2v) is 4.08. The van der Waals surface area contributed by atoms with Crippen LogP contribution in [0.4, 0.5) is 17.6 Å². The number of benzene rings is 1. The van der Waals surface area contributed by atoms with Crippen LogP contribution in [-0.4, -0.2) is 9.78 Å². The molecule has 0 unspecified atom stereocenters. The first-order valence-corrected chi connectivity index (χ1v) is 5.25. The van der Waals surface area contributed by atoms with E-state index in [4.69, 9.17) is 0 Å². The highest BCUT2D eigenvalue weighted by atomic mass is 79.9. The van der Waals surface area contributed by atoms with Gasteiger partial charge in [-0.05, 0) is 34.1 Å². The molecule has 0 spiro atoms. The van der Waals surface area contributed by atoms with Crippen molar-refractivity contribution in [3.05, 3.63) is 46.4 Å². The summed E-state index contributed by atoms with van der Waals surface area (Å²) in [6.07, 6.45) is -3.53. The first-order valence-electron chi connectivity index (χ1n) is 4.46. The van der Waals surface area contributed by atoms with E-state index >= 15 is 0 Å². The van der Waals surface area contributed by atoms with E-state index in [2.05, 4.69) is 21.0 Å². The zero-order chi connectivity index (χ0) is 12.6. The van der Waals surface area contributed by atoms with Crippen molar-refractivity contribution in [1.82, 2.24) is 9.78 Å². The Hall–Kier alpha value is -1.37. The van der Waals surface area contributed by atoms with Crippen LogP contribution >= 0.6 is 15.9 Å². The molecule has 1 aromatic heterocycles. The van der Waals surface area contributed by atoms with Crippen LogP contribution in [0.1, 0.15) is 5.69 Å². The molecule has 0 aliphatic rings. The number of rotatable bonds is 1. The summed E-state index contributed by atoms with van der Waals surface area (Å²) in [6, 6.07) is 4.28. The van der Waals surface area contributed by atoms with Crippen LogP contribution in [0.2, 0.25) is 0 Å². The van der Waals surface area contributed by atoms with Gasteiger partial charge < -0.3 is 0 Å². The van der Waals surface area contributed by atoms with Crippen molar-refractivity contribution in [3.63, 3.8) is 0 Å². The predicted molar refractivity (Wildman–Crippen MR) is 56.2 cm³/mol. The first kappa shape index (κ1) is 12.1. The summed E-state index contributed by atoms with van der Waals surface area (Å²) in [5.74, 6) is -0.633. The monoisotopic (exact) mass is 308 g/mol. The van der Waals surface area contributed by atoms with Crippen molar-refractivity contribution in [1.29, 1.82) is 0 Å². The highest BCUT2D eigenvalue weighted by Crippen LogP contribution is 2.32. The average molecular weight is 309 g/mol. The zero-order valence-corrected chi connectivity index (χ0v) is 9.76. The number of hydrogen-bond donors (Lipinski definition) is 0. The van der Waals surface area contributed by atoms with E-state index in [1.165, 1.54) is 6.07 Å². The lowest BCUT2D eigenvalue weighted by Gasteiger charge is -2.11. The third kappa shape index (κ3) is 2.33. The van der Waals surface area contributed by atoms with Gasteiger partial charge in [0.1, 0.15) is 11.5 Å². The molecule has 0 saturated heterocycles. The molecule has 1 aromatic carbocycles. The fraction of sp³-hybridized carbons (Fsp3) is 0.100. The van der Waals surface area contributed by atoms with Crippen LogP contribution in [-0.2, 0) is 6.18 Å². The van der Waals surface area contributed by atoms with Gasteiger partial charge in [0.15, 0.2) is 0 Å². The standard InChI is InChI=1S/C10H5BrF4N2/c11-7-2-1-6(12)5-8(7)17-9(3-4-16-17)10(13,14)15/h1-5H. The van der Waals surface area contributed by atoms with Gasteiger partial charge in [-0.2, -0.15) is 18.3 Å². The van der Waals surface area contributed by atoms with Gasteiger partial charge in [-0.1, -0.05) is 0 Å². The molecule has 90 valence electrons. The molecule has 0 bridgehead atoms. The molecule has 0 radical (unpaired) electrons. The molecule has 2 nitrogen and oxygen atoms in total. The third-order valence-corrected chi connectivity index (χ3v) is 2.74. The van der Waals surface area contributed by atoms with Crippen LogP contribution < -0.4 is 0 Å². The molecule has 0 aliphatic carbocycles. The summed E-state index contributed by atoms with van der Waals surface area (Å²) in [4.78, 5) is 0. The topological polar surface area (TPSA) is 17.8 Å². The van der Waals surface area contributed by atoms with Crippen LogP contribution in [0.3, 0.4) is 0 Å². The van der Waals surface area contributed by atoms with Gasteiger partial charge in [0.25, 0.3) is 0 Å². The summed E-state index contributed by atoms with van der Waals surface area (Å²) < 4.78 is 51.9. The normalized spacial score (nSPS) is 11.8. The highest BCUT2D eigenvalue weighted by Gasteiger charge is 2.35. The Morgan fingerprint density at radius 2 is 1.88 bits per heavy atom. The molecule has 0 atom stereocenters. The molecule has 0 amide bonds. The minimum atomic E-state index is -4.54. The fourth-order valence-corrected chi connectivity index (χ4v) is 1.77. The van der Waals surface area contributed by atoms with E-state index in [-0.39, 0.29) is 5.69 Å². The van der Waals surface area contributed by atoms with E-state index in [0.29, 0.717) is 9.15 Å². The molecular weight excluding hydrogens is 304 g/mol. The predicted octanol–water partition coefficient (Wildman–Crippen LogP) is 3.79. The van der Waals surface area contributed by atoms with Crippen molar-refractivity contribution < 1.29 is 17.6 Å². The molecule has 0 saturated carbocycles. The van der Waals surface area contributed by atoms with Crippen molar-refractivity contribution >= 4 is 15.9 Å². The van der Waals surface area contributed by atoms with Gasteiger partial charge in [0.2, 0.25) is 0 Å². The molecule has 1 heterocycles. The number of hydrogen-bond acceptors (Lipinski definition) is 1. The zero-order valence-electron chi connectivity index (χ0n) is 8.17. The maximum Gasteiger partial charge on any atom is 0.433 e. The van der Waals surface area contributed by atoms with Gasteiger partial charge >= 0.3 is 6.18 Å². The average Bonchev–Trinajstić information content (AvgIpc) is 2.69. The van der Waals surface area contributed by atoms with Crippen LogP contribution in [0.5, 0.6) is 0 Å². The summed E-state index contributed by atoms with van der Waals surface area (Å²) in [6.45, 7) is 0. The van der Waals surface area contributed by atoms with E-state index in [9.17, 15) is 17.6 Å². The maximum absolute atomic E-state index is 13.0. The van der Waals surface area contributed by atoms with Crippen molar-refractivity contribution in [2.75, 3.05) is 0 Å². The second-order valence-electron chi connectivity index (χ2n) is 3.22. The van der Waals surface area contributed by atoms with Crippen LogP contribution in [0.25, 0.3) is 5.69 Å². The largest absolute Gasteiger partial charge is 0.433 e. The summed E-state index contributed by atoms with van der Waals surface area (Å²) in [5, 5.41) is 3.55. The Kier molecular flexibility index (Phi) is 2.94. The Morgan fingerprint density at radius 1 is 1.18 bits per heavy atom. The van der Waals surface area contributed by atoms with E-state index < -0.39 is 17.7 Å². The Balaban J connectivity index is 2.61. The van der Waals surface area contributed by atoms with Gasteiger partial charge in [-0.3, -0.25) is 0 Å². The highest BCUT2D eigenvalue weighted by molar-refractivity contribution is 9.10. The first-order chi connectivity index (χ1) is 7.89. The second kappa shape index (κ2) is 4.14. The quantitative estimate of drug-likeness (QED) is 0.733.